The van der Waals surface area contributed by atoms with E-state index < -0.39 is 0 Å². The van der Waals surface area contributed by atoms with Crippen molar-refractivity contribution in [2.75, 3.05) is 17.2 Å². The molecule has 14 heavy (non-hydrogen) atoms. The van der Waals surface area contributed by atoms with Gasteiger partial charge in [0.25, 0.3) is 5.91 Å². The predicted molar refractivity (Wildman–Crippen MR) is 50.3 cm³/mol. The van der Waals surface area contributed by atoms with E-state index in [1.807, 2.05) is 0 Å². The van der Waals surface area contributed by atoms with Crippen LogP contribution in [0.2, 0.25) is 0 Å². The third-order valence-electron chi connectivity index (χ3n) is 1.84. The Hall–Kier alpha value is -2.04. The van der Waals surface area contributed by atoms with E-state index >= 15 is 0 Å². The molecule has 5 nitrogen and oxygen atoms in total. The number of ether oxygens (including phenoxy) is 1. The Balaban J connectivity index is 2.32. The van der Waals surface area contributed by atoms with Gasteiger partial charge in [-0.1, -0.05) is 0 Å². The van der Waals surface area contributed by atoms with Crippen molar-refractivity contribution >= 4 is 23.7 Å². The highest BCUT2D eigenvalue weighted by molar-refractivity contribution is 5.96. The second kappa shape index (κ2) is 3.37. The molecule has 2 rings (SSSR count). The van der Waals surface area contributed by atoms with Crippen molar-refractivity contribution in [2.45, 2.75) is 0 Å². The monoisotopic (exact) mass is 192 g/mol. The lowest BCUT2D eigenvalue weighted by Crippen LogP contribution is -2.25. The van der Waals surface area contributed by atoms with Crippen molar-refractivity contribution in [3.8, 4) is 5.75 Å². The zero-order chi connectivity index (χ0) is 9.97. The summed E-state index contributed by atoms with van der Waals surface area (Å²) in [6.07, 6.45) is 0.577. The fraction of sp³-hybridized carbons (Fsp3) is 0.111. The molecule has 1 aliphatic rings. The van der Waals surface area contributed by atoms with Crippen molar-refractivity contribution in [1.29, 1.82) is 0 Å². The van der Waals surface area contributed by atoms with Gasteiger partial charge < -0.3 is 15.4 Å². The number of nitrogens with one attached hydrogen (secondary N) is 2. The summed E-state index contributed by atoms with van der Waals surface area (Å²) in [6.45, 7) is 0.0352. The van der Waals surface area contributed by atoms with Crippen LogP contribution in [0, 0.1) is 0 Å². The van der Waals surface area contributed by atoms with Crippen molar-refractivity contribution in [3.63, 3.8) is 0 Å². The van der Waals surface area contributed by atoms with E-state index in [1.165, 1.54) is 0 Å². The SMILES string of the molecule is O=CNc1ccc2c(c1)NC(=O)CO2. The highest BCUT2D eigenvalue weighted by atomic mass is 16.5. The maximum absolute atomic E-state index is 11.0. The van der Waals surface area contributed by atoms with E-state index in [4.69, 9.17) is 4.74 Å². The van der Waals surface area contributed by atoms with E-state index in [2.05, 4.69) is 10.6 Å². The summed E-state index contributed by atoms with van der Waals surface area (Å²) < 4.78 is 5.14. The van der Waals surface area contributed by atoms with Crippen LogP contribution >= 0.6 is 0 Å². The zero-order valence-corrected chi connectivity index (χ0v) is 7.24. The number of anilines is 2. The van der Waals surface area contributed by atoms with Crippen LogP contribution in [0.25, 0.3) is 0 Å². The van der Waals surface area contributed by atoms with E-state index in [0.29, 0.717) is 23.5 Å². The molecule has 2 amide bonds. The summed E-state index contributed by atoms with van der Waals surface area (Å²) in [7, 11) is 0. The zero-order valence-electron chi connectivity index (χ0n) is 7.24. The number of rotatable bonds is 2. The van der Waals surface area contributed by atoms with Crippen molar-refractivity contribution in [2.24, 2.45) is 0 Å². The van der Waals surface area contributed by atoms with Gasteiger partial charge in [0.05, 0.1) is 5.69 Å². The van der Waals surface area contributed by atoms with Crippen LogP contribution in [-0.4, -0.2) is 18.9 Å². The topological polar surface area (TPSA) is 67.4 Å². The molecule has 0 atom stereocenters. The standard InChI is InChI=1S/C9H8N2O3/c12-5-10-6-1-2-8-7(3-6)11-9(13)4-14-8/h1-3,5H,4H2,(H,10,12)(H,11,13). The molecule has 1 heterocycles. The molecule has 1 aliphatic heterocycles. The van der Waals surface area contributed by atoms with Crippen LogP contribution in [0.3, 0.4) is 0 Å². The number of fused-ring (bicyclic) bond motifs is 1. The third kappa shape index (κ3) is 1.52. The molecule has 0 unspecified atom stereocenters. The Morgan fingerprint density at radius 3 is 3.14 bits per heavy atom. The van der Waals surface area contributed by atoms with Crippen LogP contribution in [-0.2, 0) is 9.59 Å². The van der Waals surface area contributed by atoms with Gasteiger partial charge in [-0.2, -0.15) is 0 Å². The molecule has 0 fully saturated rings. The first-order valence-electron chi connectivity index (χ1n) is 4.06. The van der Waals surface area contributed by atoms with Gasteiger partial charge in [0.2, 0.25) is 6.41 Å². The summed E-state index contributed by atoms with van der Waals surface area (Å²) >= 11 is 0. The smallest absolute Gasteiger partial charge is 0.262 e. The first kappa shape index (κ1) is 8.55. The van der Waals surface area contributed by atoms with Gasteiger partial charge in [0, 0.05) is 5.69 Å². The average molecular weight is 192 g/mol. The summed E-state index contributed by atoms with van der Waals surface area (Å²) in [5.41, 5.74) is 1.19. The molecule has 0 radical (unpaired) electrons. The van der Waals surface area contributed by atoms with Gasteiger partial charge in [-0.05, 0) is 18.2 Å². The van der Waals surface area contributed by atoms with Crippen LogP contribution in [0.4, 0.5) is 11.4 Å². The molecule has 0 saturated carbocycles. The number of carbonyl (C=O) groups is 2. The van der Waals surface area contributed by atoms with Gasteiger partial charge in [0.15, 0.2) is 6.61 Å². The fourth-order valence-corrected chi connectivity index (χ4v) is 1.24. The maximum atomic E-state index is 11.0. The molecule has 2 N–H and O–H groups in total. The maximum Gasteiger partial charge on any atom is 0.262 e. The molecule has 1 aromatic rings. The number of carbonyl (C=O) groups excluding carboxylic acids is 2. The van der Waals surface area contributed by atoms with Crippen LogP contribution < -0.4 is 15.4 Å². The summed E-state index contributed by atoms with van der Waals surface area (Å²) in [5.74, 6) is 0.418. The van der Waals surface area contributed by atoms with Crippen LogP contribution in [0.15, 0.2) is 18.2 Å². The molecule has 5 heteroatoms. The quantitative estimate of drug-likeness (QED) is 0.674. The molecule has 72 valence electrons. The molecular formula is C9H8N2O3. The van der Waals surface area contributed by atoms with E-state index in [9.17, 15) is 9.59 Å². The van der Waals surface area contributed by atoms with E-state index in [-0.39, 0.29) is 12.5 Å². The highest BCUT2D eigenvalue weighted by Crippen LogP contribution is 2.29. The van der Waals surface area contributed by atoms with Crippen molar-refractivity contribution in [1.82, 2.24) is 0 Å². The predicted octanol–water partition coefficient (Wildman–Crippen LogP) is 0.586. The molecule has 0 aliphatic carbocycles. The van der Waals surface area contributed by atoms with Crippen LogP contribution in [0.5, 0.6) is 5.75 Å². The summed E-state index contributed by atoms with van der Waals surface area (Å²) in [6, 6.07) is 5.03. The Morgan fingerprint density at radius 2 is 2.36 bits per heavy atom. The van der Waals surface area contributed by atoms with Gasteiger partial charge in [-0.3, -0.25) is 9.59 Å². The summed E-state index contributed by atoms with van der Waals surface area (Å²) in [4.78, 5) is 21.1. The first-order valence-corrected chi connectivity index (χ1v) is 4.06. The van der Waals surface area contributed by atoms with E-state index in [1.54, 1.807) is 18.2 Å². The van der Waals surface area contributed by atoms with Crippen LogP contribution in [0.1, 0.15) is 0 Å². The molecule has 1 aromatic carbocycles. The van der Waals surface area contributed by atoms with Gasteiger partial charge in [-0.15, -0.1) is 0 Å². The minimum absolute atomic E-state index is 0.0352. The second-order valence-electron chi connectivity index (χ2n) is 2.81. The lowest BCUT2D eigenvalue weighted by molar-refractivity contribution is -0.118. The lowest BCUT2D eigenvalue weighted by Gasteiger charge is -2.18. The number of benzene rings is 1. The van der Waals surface area contributed by atoms with Gasteiger partial charge >= 0.3 is 0 Å². The molecule has 0 bridgehead atoms. The van der Waals surface area contributed by atoms with Crippen molar-refractivity contribution in [3.05, 3.63) is 18.2 Å². The Labute approximate surface area is 80.1 Å². The van der Waals surface area contributed by atoms with Gasteiger partial charge in [0.1, 0.15) is 5.75 Å². The Morgan fingerprint density at radius 1 is 1.50 bits per heavy atom. The van der Waals surface area contributed by atoms with E-state index in [0.717, 1.165) is 0 Å². The first-order chi connectivity index (χ1) is 6.79. The van der Waals surface area contributed by atoms with Crippen molar-refractivity contribution < 1.29 is 14.3 Å². The summed E-state index contributed by atoms with van der Waals surface area (Å²) in [5, 5.41) is 5.12. The Bertz CT molecular complexity index is 390. The third-order valence-corrected chi connectivity index (χ3v) is 1.84. The molecular weight excluding hydrogens is 184 g/mol. The second-order valence-corrected chi connectivity index (χ2v) is 2.81. The number of amides is 2. The number of hydrogen-bond donors (Lipinski definition) is 2. The highest BCUT2D eigenvalue weighted by Gasteiger charge is 2.15. The Kier molecular flexibility index (Phi) is 2.06. The molecule has 0 saturated heterocycles. The fourth-order valence-electron chi connectivity index (χ4n) is 1.24. The average Bonchev–Trinajstić information content (AvgIpc) is 2.17. The normalized spacial score (nSPS) is 13.6. The van der Waals surface area contributed by atoms with Gasteiger partial charge in [-0.25, -0.2) is 0 Å². The molecule has 0 aromatic heterocycles. The minimum Gasteiger partial charge on any atom is -0.482 e. The largest absolute Gasteiger partial charge is 0.482 e. The lowest BCUT2D eigenvalue weighted by atomic mass is 10.2. The minimum atomic E-state index is -0.194. The number of hydrogen-bond acceptors (Lipinski definition) is 3. The molecule has 0 spiro atoms.